The zero-order valence-corrected chi connectivity index (χ0v) is 9.66. The SMILES string of the molecule is ClCc1cn(CCCN2CCCC2)nn1. The Morgan fingerprint density at radius 2 is 2.07 bits per heavy atom. The van der Waals surface area contributed by atoms with Crippen LogP contribution in [0.2, 0.25) is 0 Å². The summed E-state index contributed by atoms with van der Waals surface area (Å²) >= 11 is 5.65. The van der Waals surface area contributed by atoms with Crippen molar-refractivity contribution in [2.75, 3.05) is 19.6 Å². The molecule has 5 heteroatoms. The normalized spacial score (nSPS) is 17.4. The van der Waals surface area contributed by atoms with E-state index in [4.69, 9.17) is 11.6 Å². The monoisotopic (exact) mass is 228 g/mol. The standard InChI is InChI=1S/C10H17ClN4/c11-8-10-9-15(13-12-10)7-3-6-14-4-1-2-5-14/h9H,1-8H2. The Morgan fingerprint density at radius 1 is 1.27 bits per heavy atom. The van der Waals surface area contributed by atoms with E-state index in [1.54, 1.807) is 0 Å². The summed E-state index contributed by atoms with van der Waals surface area (Å²) in [5.41, 5.74) is 0.859. The molecule has 2 rings (SSSR count). The second-order valence-corrected chi connectivity index (χ2v) is 4.28. The third kappa shape index (κ3) is 3.18. The summed E-state index contributed by atoms with van der Waals surface area (Å²) < 4.78 is 1.88. The average Bonchev–Trinajstić information content (AvgIpc) is 2.88. The Bertz CT molecular complexity index is 293. The first-order chi connectivity index (χ1) is 7.38. The predicted octanol–water partition coefficient (Wildman–Crippen LogP) is 1.50. The molecule has 0 aromatic carbocycles. The molecule has 0 saturated carbocycles. The maximum absolute atomic E-state index is 5.65. The van der Waals surface area contributed by atoms with Gasteiger partial charge in [0.15, 0.2) is 0 Å². The van der Waals surface area contributed by atoms with E-state index in [0.29, 0.717) is 5.88 Å². The van der Waals surface area contributed by atoms with Crippen LogP contribution in [0.25, 0.3) is 0 Å². The minimum Gasteiger partial charge on any atom is -0.303 e. The van der Waals surface area contributed by atoms with Crippen molar-refractivity contribution in [2.24, 2.45) is 0 Å². The Balaban J connectivity index is 1.68. The molecule has 1 aliphatic heterocycles. The summed E-state index contributed by atoms with van der Waals surface area (Å²) in [4.78, 5) is 2.51. The first-order valence-electron chi connectivity index (χ1n) is 5.56. The van der Waals surface area contributed by atoms with Crippen LogP contribution in [0, 0.1) is 0 Å². The van der Waals surface area contributed by atoms with E-state index in [1.165, 1.54) is 32.5 Å². The number of alkyl halides is 1. The lowest BCUT2D eigenvalue weighted by molar-refractivity contribution is 0.321. The van der Waals surface area contributed by atoms with Crippen LogP contribution in [0.15, 0.2) is 6.20 Å². The van der Waals surface area contributed by atoms with Crippen LogP contribution in [0.3, 0.4) is 0 Å². The molecule has 1 aliphatic rings. The fraction of sp³-hybridized carbons (Fsp3) is 0.800. The minimum atomic E-state index is 0.451. The van der Waals surface area contributed by atoms with Gasteiger partial charge in [0.25, 0.3) is 0 Å². The van der Waals surface area contributed by atoms with E-state index in [-0.39, 0.29) is 0 Å². The summed E-state index contributed by atoms with van der Waals surface area (Å²) in [6.07, 6.45) is 5.79. The highest BCUT2D eigenvalue weighted by Gasteiger charge is 2.10. The Morgan fingerprint density at radius 3 is 2.73 bits per heavy atom. The van der Waals surface area contributed by atoms with Crippen LogP contribution < -0.4 is 0 Å². The van der Waals surface area contributed by atoms with E-state index in [9.17, 15) is 0 Å². The third-order valence-electron chi connectivity index (χ3n) is 2.78. The van der Waals surface area contributed by atoms with Crippen molar-refractivity contribution < 1.29 is 0 Å². The van der Waals surface area contributed by atoms with E-state index in [2.05, 4.69) is 15.2 Å². The quantitative estimate of drug-likeness (QED) is 0.717. The molecule has 0 bridgehead atoms. The maximum atomic E-state index is 5.65. The smallest absolute Gasteiger partial charge is 0.0974 e. The average molecular weight is 229 g/mol. The van der Waals surface area contributed by atoms with Crippen molar-refractivity contribution in [1.82, 2.24) is 19.9 Å². The van der Waals surface area contributed by atoms with Crippen LogP contribution in [-0.4, -0.2) is 39.5 Å². The van der Waals surface area contributed by atoms with Gasteiger partial charge in [-0.3, -0.25) is 4.68 Å². The molecule has 0 atom stereocenters. The molecule has 0 amide bonds. The molecule has 2 heterocycles. The second kappa shape index (κ2) is 5.47. The van der Waals surface area contributed by atoms with Gasteiger partial charge in [-0.05, 0) is 38.9 Å². The molecule has 1 fully saturated rings. The van der Waals surface area contributed by atoms with Gasteiger partial charge in [-0.15, -0.1) is 16.7 Å². The van der Waals surface area contributed by atoms with Gasteiger partial charge >= 0.3 is 0 Å². The lowest BCUT2D eigenvalue weighted by Crippen LogP contribution is -2.21. The molecule has 1 aromatic heterocycles. The molecule has 15 heavy (non-hydrogen) atoms. The summed E-state index contributed by atoms with van der Waals surface area (Å²) in [5, 5.41) is 7.97. The van der Waals surface area contributed by atoms with Crippen LogP contribution in [0.1, 0.15) is 25.0 Å². The number of nitrogens with zero attached hydrogens (tertiary/aromatic N) is 4. The van der Waals surface area contributed by atoms with Crippen molar-refractivity contribution in [3.8, 4) is 0 Å². The Labute approximate surface area is 95.2 Å². The molecule has 1 saturated heterocycles. The fourth-order valence-electron chi connectivity index (χ4n) is 1.97. The van der Waals surface area contributed by atoms with Gasteiger partial charge in [0.05, 0.1) is 11.6 Å². The highest BCUT2D eigenvalue weighted by molar-refractivity contribution is 6.16. The molecule has 0 radical (unpaired) electrons. The van der Waals surface area contributed by atoms with Crippen molar-refractivity contribution in [2.45, 2.75) is 31.7 Å². The molecule has 0 spiro atoms. The Kier molecular flexibility index (Phi) is 3.97. The largest absolute Gasteiger partial charge is 0.303 e. The maximum Gasteiger partial charge on any atom is 0.0974 e. The van der Waals surface area contributed by atoms with Crippen LogP contribution in [0.5, 0.6) is 0 Å². The number of likely N-dealkylation sites (tertiary alicyclic amines) is 1. The van der Waals surface area contributed by atoms with Crippen LogP contribution >= 0.6 is 11.6 Å². The molecular formula is C10H17ClN4. The number of aryl methyl sites for hydroxylation is 1. The van der Waals surface area contributed by atoms with Crippen molar-refractivity contribution in [1.29, 1.82) is 0 Å². The Hall–Kier alpha value is -0.610. The van der Waals surface area contributed by atoms with Gasteiger partial charge in [-0.1, -0.05) is 5.21 Å². The lowest BCUT2D eigenvalue weighted by Gasteiger charge is -2.13. The van der Waals surface area contributed by atoms with Crippen molar-refractivity contribution in [3.05, 3.63) is 11.9 Å². The van der Waals surface area contributed by atoms with Gasteiger partial charge in [0, 0.05) is 12.7 Å². The van der Waals surface area contributed by atoms with Crippen molar-refractivity contribution in [3.63, 3.8) is 0 Å². The first-order valence-corrected chi connectivity index (χ1v) is 6.09. The molecule has 4 nitrogen and oxygen atoms in total. The zero-order valence-electron chi connectivity index (χ0n) is 8.90. The van der Waals surface area contributed by atoms with Crippen molar-refractivity contribution >= 4 is 11.6 Å². The zero-order chi connectivity index (χ0) is 10.5. The van der Waals surface area contributed by atoms with Gasteiger partial charge in [-0.2, -0.15) is 0 Å². The van der Waals surface area contributed by atoms with Gasteiger partial charge in [-0.25, -0.2) is 0 Å². The van der Waals surface area contributed by atoms with Crippen LogP contribution in [0.4, 0.5) is 0 Å². The summed E-state index contributed by atoms with van der Waals surface area (Å²) in [6.45, 7) is 4.66. The number of hydrogen-bond donors (Lipinski definition) is 0. The summed E-state index contributed by atoms with van der Waals surface area (Å²) in [7, 11) is 0. The number of rotatable bonds is 5. The molecule has 0 unspecified atom stereocenters. The van der Waals surface area contributed by atoms with Gasteiger partial charge < -0.3 is 4.90 Å². The number of hydrogen-bond acceptors (Lipinski definition) is 3. The van der Waals surface area contributed by atoms with E-state index in [1.807, 2.05) is 10.9 Å². The predicted molar refractivity (Wildman–Crippen MR) is 59.9 cm³/mol. The lowest BCUT2D eigenvalue weighted by atomic mass is 10.4. The van der Waals surface area contributed by atoms with Crippen LogP contribution in [-0.2, 0) is 12.4 Å². The van der Waals surface area contributed by atoms with E-state index in [0.717, 1.165) is 18.7 Å². The molecular weight excluding hydrogens is 212 g/mol. The highest BCUT2D eigenvalue weighted by atomic mass is 35.5. The highest BCUT2D eigenvalue weighted by Crippen LogP contribution is 2.07. The second-order valence-electron chi connectivity index (χ2n) is 4.01. The summed E-state index contributed by atoms with van der Waals surface area (Å²) in [6, 6.07) is 0. The topological polar surface area (TPSA) is 34.0 Å². The van der Waals surface area contributed by atoms with Gasteiger partial charge in [0.1, 0.15) is 0 Å². The molecule has 1 aromatic rings. The molecule has 84 valence electrons. The fourth-order valence-corrected chi connectivity index (χ4v) is 2.09. The molecule has 0 aliphatic carbocycles. The number of aromatic nitrogens is 3. The van der Waals surface area contributed by atoms with E-state index >= 15 is 0 Å². The van der Waals surface area contributed by atoms with Gasteiger partial charge in [0.2, 0.25) is 0 Å². The third-order valence-corrected chi connectivity index (χ3v) is 3.06. The first kappa shape index (κ1) is 10.9. The van der Waals surface area contributed by atoms with E-state index < -0.39 is 0 Å². The summed E-state index contributed by atoms with van der Waals surface area (Å²) in [5.74, 6) is 0.451. The molecule has 0 N–H and O–H groups in total. The minimum absolute atomic E-state index is 0.451. The number of halogens is 1.